The number of aliphatic carboxylic acids is 1. The number of likely N-dealkylation sites (tertiary alicyclic amines) is 1. The van der Waals surface area contributed by atoms with Gasteiger partial charge in [0.2, 0.25) is 0 Å². The van der Waals surface area contributed by atoms with Crippen molar-refractivity contribution in [3.63, 3.8) is 0 Å². The van der Waals surface area contributed by atoms with Crippen molar-refractivity contribution >= 4 is 12.1 Å². The minimum absolute atomic E-state index is 0.0338. The molecule has 0 aliphatic carbocycles. The molecule has 1 aliphatic heterocycles. The first-order valence-corrected chi connectivity index (χ1v) is 10.6. The lowest BCUT2D eigenvalue weighted by Crippen LogP contribution is -2.43. The Bertz CT molecular complexity index is 755. The zero-order valence-corrected chi connectivity index (χ0v) is 19.6. The summed E-state index contributed by atoms with van der Waals surface area (Å²) in [6.45, 7) is 16.6. The fourth-order valence-electron chi connectivity index (χ4n) is 4.24. The van der Waals surface area contributed by atoms with E-state index in [-0.39, 0.29) is 23.8 Å². The molecule has 0 spiro atoms. The van der Waals surface area contributed by atoms with E-state index in [2.05, 4.69) is 46.8 Å². The molecule has 6 heteroatoms. The largest absolute Gasteiger partial charge is 0.488 e. The van der Waals surface area contributed by atoms with Gasteiger partial charge in [0.1, 0.15) is 23.5 Å². The molecule has 1 saturated heterocycles. The minimum Gasteiger partial charge on any atom is -0.488 e. The van der Waals surface area contributed by atoms with Crippen LogP contribution in [0.5, 0.6) is 5.75 Å². The van der Waals surface area contributed by atoms with Crippen LogP contribution >= 0.6 is 0 Å². The van der Waals surface area contributed by atoms with Crippen molar-refractivity contribution in [3.05, 3.63) is 29.8 Å². The lowest BCUT2D eigenvalue weighted by Gasteiger charge is -2.33. The Kier molecular flexibility index (Phi) is 6.79. The van der Waals surface area contributed by atoms with Gasteiger partial charge in [-0.3, -0.25) is 4.90 Å². The number of benzene rings is 1. The van der Waals surface area contributed by atoms with Crippen LogP contribution in [0, 0.1) is 5.41 Å². The number of carbonyl (C=O) groups excluding carboxylic acids is 1. The van der Waals surface area contributed by atoms with E-state index >= 15 is 0 Å². The fraction of sp³-hybridized carbons (Fsp3) is 0.667. The number of ether oxygens (including phenoxy) is 2. The highest BCUT2D eigenvalue weighted by molar-refractivity contribution is 5.81. The molecule has 2 atom stereocenters. The van der Waals surface area contributed by atoms with Gasteiger partial charge in [-0.25, -0.2) is 9.59 Å². The summed E-state index contributed by atoms with van der Waals surface area (Å²) < 4.78 is 11.4. The van der Waals surface area contributed by atoms with E-state index in [9.17, 15) is 14.7 Å². The van der Waals surface area contributed by atoms with Gasteiger partial charge in [-0.15, -0.1) is 0 Å². The van der Waals surface area contributed by atoms with Crippen molar-refractivity contribution < 1.29 is 24.2 Å². The zero-order chi connectivity index (χ0) is 22.9. The third-order valence-corrected chi connectivity index (χ3v) is 5.09. The highest BCUT2D eigenvalue weighted by Crippen LogP contribution is 2.37. The standard InChI is InChI=1S/C24H37NO5/c1-22(2,3)15-24(7,8)16-9-11-17(12-10-16)29-18-13-19(20(26)27)25(14-18)21(28)30-23(4,5)6/h9-12,18-19H,13-15H2,1-8H3,(H,26,27). The predicted molar refractivity (Wildman–Crippen MR) is 117 cm³/mol. The molecule has 6 nitrogen and oxygen atoms in total. The Morgan fingerprint density at radius 2 is 1.60 bits per heavy atom. The van der Waals surface area contributed by atoms with E-state index in [1.807, 2.05) is 12.1 Å². The van der Waals surface area contributed by atoms with E-state index in [4.69, 9.17) is 9.47 Å². The molecule has 1 N–H and O–H groups in total. The molecule has 1 aliphatic rings. The summed E-state index contributed by atoms with van der Waals surface area (Å²) in [5.41, 5.74) is 0.801. The van der Waals surface area contributed by atoms with Crippen molar-refractivity contribution in [1.29, 1.82) is 0 Å². The zero-order valence-electron chi connectivity index (χ0n) is 19.6. The first-order valence-electron chi connectivity index (χ1n) is 10.6. The quantitative estimate of drug-likeness (QED) is 0.706. The third-order valence-electron chi connectivity index (χ3n) is 5.09. The van der Waals surface area contributed by atoms with E-state index < -0.39 is 29.8 Å². The minimum atomic E-state index is -1.05. The summed E-state index contributed by atoms with van der Waals surface area (Å²) in [5.74, 6) is -0.378. The molecule has 0 bridgehead atoms. The molecule has 1 fully saturated rings. The number of carbonyl (C=O) groups is 2. The fourth-order valence-corrected chi connectivity index (χ4v) is 4.24. The molecule has 168 valence electrons. The van der Waals surface area contributed by atoms with E-state index in [1.54, 1.807) is 20.8 Å². The van der Waals surface area contributed by atoms with Gasteiger partial charge in [0.25, 0.3) is 0 Å². The summed E-state index contributed by atoms with van der Waals surface area (Å²) in [6, 6.07) is 7.03. The van der Waals surface area contributed by atoms with Gasteiger partial charge in [0.05, 0.1) is 6.54 Å². The highest BCUT2D eigenvalue weighted by Gasteiger charge is 2.42. The van der Waals surface area contributed by atoms with Crippen molar-refractivity contribution in [2.75, 3.05) is 6.54 Å². The number of carboxylic acids is 1. The van der Waals surface area contributed by atoms with Crippen molar-refractivity contribution in [3.8, 4) is 5.75 Å². The van der Waals surface area contributed by atoms with Crippen molar-refractivity contribution in [2.24, 2.45) is 5.41 Å². The SMILES string of the molecule is CC(C)(C)CC(C)(C)c1ccc(OC2CC(C(=O)O)N(C(=O)OC(C)(C)C)C2)cc1. The van der Waals surface area contributed by atoms with Crippen molar-refractivity contribution in [2.45, 2.75) is 91.4 Å². The Balaban J connectivity index is 2.08. The molecular weight excluding hydrogens is 382 g/mol. The van der Waals surface area contributed by atoms with Crippen LogP contribution in [0.2, 0.25) is 0 Å². The van der Waals surface area contributed by atoms with Crippen LogP contribution in [0.15, 0.2) is 24.3 Å². The molecule has 2 rings (SSSR count). The Hall–Kier alpha value is -2.24. The van der Waals surface area contributed by atoms with Crippen molar-refractivity contribution in [1.82, 2.24) is 4.90 Å². The van der Waals surface area contributed by atoms with E-state index in [0.29, 0.717) is 5.75 Å². The van der Waals surface area contributed by atoms with Gasteiger partial charge in [-0.05, 0) is 55.7 Å². The van der Waals surface area contributed by atoms with Gasteiger partial charge >= 0.3 is 12.1 Å². The topological polar surface area (TPSA) is 76.1 Å². The summed E-state index contributed by atoms with van der Waals surface area (Å²) in [4.78, 5) is 25.3. The number of nitrogens with zero attached hydrogens (tertiary/aromatic N) is 1. The van der Waals surface area contributed by atoms with Crippen LogP contribution in [0.25, 0.3) is 0 Å². The van der Waals surface area contributed by atoms with Gasteiger partial charge < -0.3 is 14.6 Å². The summed E-state index contributed by atoms with van der Waals surface area (Å²) in [6.07, 6.45) is 0.257. The van der Waals surface area contributed by atoms with Crippen LogP contribution in [0.3, 0.4) is 0 Å². The van der Waals surface area contributed by atoms with Gasteiger partial charge in [-0.2, -0.15) is 0 Å². The van der Waals surface area contributed by atoms with Crippen LogP contribution in [0.1, 0.15) is 73.8 Å². The molecule has 0 saturated carbocycles. The molecule has 30 heavy (non-hydrogen) atoms. The van der Waals surface area contributed by atoms with E-state index in [1.165, 1.54) is 10.5 Å². The first-order chi connectivity index (χ1) is 13.6. The molecule has 1 amide bonds. The van der Waals surface area contributed by atoms with E-state index in [0.717, 1.165) is 6.42 Å². The lowest BCUT2D eigenvalue weighted by atomic mass is 9.72. The lowest BCUT2D eigenvalue weighted by molar-refractivity contribution is -0.142. The van der Waals surface area contributed by atoms with Gasteiger partial charge in [0, 0.05) is 6.42 Å². The maximum atomic E-state index is 12.4. The first kappa shape index (κ1) is 24.0. The summed E-state index contributed by atoms with van der Waals surface area (Å²) >= 11 is 0. The monoisotopic (exact) mass is 419 g/mol. The van der Waals surface area contributed by atoms with Gasteiger partial charge in [0.15, 0.2) is 0 Å². The molecule has 0 radical (unpaired) electrons. The smallest absolute Gasteiger partial charge is 0.411 e. The molecule has 2 unspecified atom stereocenters. The Morgan fingerprint density at radius 1 is 1.03 bits per heavy atom. The number of hydrogen-bond donors (Lipinski definition) is 1. The second kappa shape index (κ2) is 8.48. The number of amides is 1. The average Bonchev–Trinajstić information content (AvgIpc) is 2.96. The summed E-state index contributed by atoms with van der Waals surface area (Å²) in [5, 5.41) is 9.53. The van der Waals surface area contributed by atoms with Crippen LogP contribution in [0.4, 0.5) is 4.79 Å². The normalized spacial score (nSPS) is 20.2. The van der Waals surface area contributed by atoms with Crippen LogP contribution in [-0.2, 0) is 14.9 Å². The molecular formula is C24H37NO5. The number of rotatable bonds is 5. The van der Waals surface area contributed by atoms with Crippen LogP contribution in [-0.4, -0.2) is 46.4 Å². The molecule has 1 heterocycles. The predicted octanol–water partition coefficient (Wildman–Crippen LogP) is 5.24. The second-order valence-corrected chi connectivity index (χ2v) is 11.1. The highest BCUT2D eigenvalue weighted by atomic mass is 16.6. The number of hydrogen-bond acceptors (Lipinski definition) is 4. The average molecular weight is 420 g/mol. The van der Waals surface area contributed by atoms with Crippen LogP contribution < -0.4 is 4.74 Å². The molecule has 1 aromatic carbocycles. The third kappa shape index (κ3) is 6.64. The molecule has 0 aromatic heterocycles. The number of carboxylic acid groups (broad SMARTS) is 1. The Morgan fingerprint density at radius 3 is 2.07 bits per heavy atom. The summed E-state index contributed by atoms with van der Waals surface area (Å²) in [7, 11) is 0. The molecule has 1 aromatic rings. The maximum Gasteiger partial charge on any atom is 0.411 e. The Labute approximate surface area is 180 Å². The van der Waals surface area contributed by atoms with Gasteiger partial charge in [-0.1, -0.05) is 46.8 Å². The maximum absolute atomic E-state index is 12.4. The second-order valence-electron chi connectivity index (χ2n) is 11.1.